The maximum atomic E-state index is 13.8. The van der Waals surface area contributed by atoms with Crippen molar-refractivity contribution in [2.75, 3.05) is 11.4 Å². The summed E-state index contributed by atoms with van der Waals surface area (Å²) in [5.41, 5.74) is 3.12. The maximum Gasteiger partial charge on any atom is 0.236 e. The fourth-order valence-electron chi connectivity index (χ4n) is 6.71. The summed E-state index contributed by atoms with van der Waals surface area (Å²) in [6, 6.07) is 42.1. The number of rotatable bonds is 4. The van der Waals surface area contributed by atoms with Crippen LogP contribution in [0.3, 0.4) is 0 Å². The molecule has 0 atom stereocenters. The third-order valence-electron chi connectivity index (χ3n) is 10.1. The van der Waals surface area contributed by atoms with E-state index in [9.17, 15) is 4.79 Å². The molecular formula is C41H34N4O. The molecule has 5 nitrogen and oxygen atoms in total. The van der Waals surface area contributed by atoms with Crippen LogP contribution in [0.5, 0.6) is 0 Å². The van der Waals surface area contributed by atoms with Crippen molar-refractivity contribution >= 4 is 44.2 Å². The van der Waals surface area contributed by atoms with Gasteiger partial charge in [0, 0.05) is 17.7 Å². The molecule has 0 N–H and O–H groups in total. The molecule has 2 heterocycles. The van der Waals surface area contributed by atoms with E-state index in [2.05, 4.69) is 105 Å². The number of hydrogen-bond acceptors (Lipinski definition) is 4. The van der Waals surface area contributed by atoms with Crippen molar-refractivity contribution in [1.29, 1.82) is 0 Å². The Morgan fingerprint density at radius 1 is 0.500 bits per heavy atom. The van der Waals surface area contributed by atoms with Crippen LogP contribution in [-0.4, -0.2) is 27.4 Å². The fraction of sp³-hybridized carbons (Fsp3) is 0.171. The molecule has 0 aliphatic carbocycles. The van der Waals surface area contributed by atoms with Crippen LogP contribution in [0.4, 0.5) is 5.95 Å². The van der Waals surface area contributed by atoms with Crippen molar-refractivity contribution in [2.45, 2.75) is 27.7 Å². The first kappa shape index (κ1) is 28.1. The summed E-state index contributed by atoms with van der Waals surface area (Å²) in [6.45, 7) is 8.83. The maximum absolute atomic E-state index is 13.8. The van der Waals surface area contributed by atoms with E-state index in [0.29, 0.717) is 24.1 Å². The lowest BCUT2D eigenvalue weighted by Crippen LogP contribution is -2.34. The van der Waals surface area contributed by atoms with Gasteiger partial charge >= 0.3 is 0 Å². The minimum atomic E-state index is -0.559. The minimum absolute atomic E-state index is 0.0228. The van der Waals surface area contributed by atoms with Gasteiger partial charge in [-0.2, -0.15) is 9.97 Å². The Bertz CT molecular complexity index is 2290. The average molecular weight is 599 g/mol. The van der Waals surface area contributed by atoms with E-state index in [1.165, 1.54) is 26.9 Å². The van der Waals surface area contributed by atoms with E-state index < -0.39 is 5.41 Å². The zero-order valence-electron chi connectivity index (χ0n) is 26.5. The molecule has 1 aromatic heterocycles. The Hall–Kier alpha value is -5.42. The predicted molar refractivity (Wildman–Crippen MR) is 189 cm³/mol. The van der Waals surface area contributed by atoms with Crippen LogP contribution in [0.25, 0.3) is 66.2 Å². The van der Waals surface area contributed by atoms with Gasteiger partial charge in [0.1, 0.15) is 0 Å². The molecule has 0 bridgehead atoms. The van der Waals surface area contributed by atoms with Crippen LogP contribution in [-0.2, 0) is 4.79 Å². The van der Waals surface area contributed by atoms with Gasteiger partial charge in [0.2, 0.25) is 11.9 Å². The van der Waals surface area contributed by atoms with Crippen LogP contribution in [0.15, 0.2) is 121 Å². The Balaban J connectivity index is 1.35. The molecule has 8 rings (SSSR count). The first-order valence-electron chi connectivity index (χ1n) is 15.8. The summed E-state index contributed by atoms with van der Waals surface area (Å²) >= 11 is 0. The molecule has 1 amide bonds. The van der Waals surface area contributed by atoms with Crippen molar-refractivity contribution in [3.63, 3.8) is 0 Å². The number of nitrogens with zero attached hydrogens (tertiary/aromatic N) is 4. The topological polar surface area (TPSA) is 59.0 Å². The Morgan fingerprint density at radius 2 is 1.00 bits per heavy atom. The lowest BCUT2D eigenvalue weighted by Gasteiger charge is -2.30. The van der Waals surface area contributed by atoms with Gasteiger partial charge in [0.15, 0.2) is 11.6 Å². The fourth-order valence-corrected chi connectivity index (χ4v) is 6.71. The monoisotopic (exact) mass is 598 g/mol. The normalized spacial score (nSPS) is 15.7. The third-order valence-corrected chi connectivity index (χ3v) is 10.1. The number of amides is 1. The van der Waals surface area contributed by atoms with Gasteiger partial charge in [-0.25, -0.2) is 4.98 Å². The predicted octanol–water partition coefficient (Wildman–Crippen LogP) is 9.73. The Kier molecular flexibility index (Phi) is 6.30. The summed E-state index contributed by atoms with van der Waals surface area (Å²) < 4.78 is 0. The highest BCUT2D eigenvalue weighted by atomic mass is 16.2. The molecule has 7 aromatic rings. The van der Waals surface area contributed by atoms with Gasteiger partial charge in [-0.15, -0.1) is 0 Å². The summed E-state index contributed by atoms with van der Waals surface area (Å²) in [7, 11) is 0. The molecule has 0 spiro atoms. The second-order valence-electron chi connectivity index (χ2n) is 13.5. The zero-order chi connectivity index (χ0) is 31.6. The average Bonchev–Trinajstić information content (AvgIpc) is 3.26. The van der Waals surface area contributed by atoms with Crippen LogP contribution in [0.1, 0.15) is 27.7 Å². The number of benzene rings is 6. The molecular weight excluding hydrogens is 564 g/mol. The lowest BCUT2D eigenvalue weighted by molar-refractivity contribution is -0.126. The SMILES string of the molecule is CC1(C)CN(c2nc(-c3cccc(-c4ccccc4)c3)nc(-c3ccc4c5ccccc5c5ccccc5c4c3)n2)C(=O)C1(C)C. The van der Waals surface area contributed by atoms with Crippen molar-refractivity contribution < 1.29 is 4.79 Å². The molecule has 1 aliphatic rings. The smallest absolute Gasteiger partial charge is 0.236 e. The highest BCUT2D eigenvalue weighted by Gasteiger charge is 2.53. The Labute approximate surface area is 268 Å². The van der Waals surface area contributed by atoms with Gasteiger partial charge in [-0.05, 0) is 61.0 Å². The van der Waals surface area contributed by atoms with Crippen molar-refractivity contribution in [1.82, 2.24) is 15.0 Å². The number of hydrogen-bond donors (Lipinski definition) is 0. The minimum Gasteiger partial charge on any atom is -0.280 e. The first-order valence-corrected chi connectivity index (χ1v) is 15.8. The van der Waals surface area contributed by atoms with Crippen LogP contribution in [0, 0.1) is 10.8 Å². The Morgan fingerprint density at radius 3 is 1.59 bits per heavy atom. The highest BCUT2D eigenvalue weighted by Crippen LogP contribution is 2.47. The summed E-state index contributed by atoms with van der Waals surface area (Å²) in [6.07, 6.45) is 0. The van der Waals surface area contributed by atoms with E-state index in [4.69, 9.17) is 15.0 Å². The third kappa shape index (κ3) is 4.38. The van der Waals surface area contributed by atoms with E-state index in [-0.39, 0.29) is 11.3 Å². The standard InChI is InChI=1S/C41H34N4O/c1-40(2)25-45(38(46)41(40,3)4)39-43-36(28-16-12-15-27(23-28)26-13-6-5-7-14-26)42-37(44-39)29-21-22-34-32-19-9-8-17-30(32)31-18-10-11-20-33(31)35(34)24-29/h5-24H,25H2,1-4H3. The quantitative estimate of drug-likeness (QED) is 0.189. The zero-order valence-corrected chi connectivity index (χ0v) is 26.5. The molecule has 224 valence electrons. The second-order valence-corrected chi connectivity index (χ2v) is 13.5. The molecule has 6 aromatic carbocycles. The summed E-state index contributed by atoms with van der Waals surface area (Å²) in [5.74, 6) is 1.49. The molecule has 5 heteroatoms. The number of fused-ring (bicyclic) bond motifs is 6. The van der Waals surface area contributed by atoms with Crippen LogP contribution >= 0.6 is 0 Å². The number of aromatic nitrogens is 3. The number of carbonyl (C=O) groups excluding carboxylic acids is 1. The molecule has 0 radical (unpaired) electrons. The highest BCUT2D eigenvalue weighted by molar-refractivity contribution is 6.25. The van der Waals surface area contributed by atoms with Gasteiger partial charge in [-0.1, -0.05) is 137 Å². The first-order chi connectivity index (χ1) is 22.2. The van der Waals surface area contributed by atoms with Crippen molar-refractivity contribution in [3.05, 3.63) is 121 Å². The molecule has 1 aliphatic heterocycles. The number of carbonyl (C=O) groups is 1. The summed E-state index contributed by atoms with van der Waals surface area (Å²) in [5, 5.41) is 7.16. The van der Waals surface area contributed by atoms with Gasteiger partial charge in [0.25, 0.3) is 0 Å². The second kappa shape index (κ2) is 10.3. The molecule has 1 saturated heterocycles. The van der Waals surface area contributed by atoms with Gasteiger partial charge in [-0.3, -0.25) is 9.69 Å². The van der Waals surface area contributed by atoms with Gasteiger partial charge in [0.05, 0.1) is 5.41 Å². The summed E-state index contributed by atoms with van der Waals surface area (Å²) in [4.78, 5) is 30.6. The van der Waals surface area contributed by atoms with Crippen LogP contribution in [0.2, 0.25) is 0 Å². The molecule has 1 fully saturated rings. The van der Waals surface area contributed by atoms with E-state index in [1.807, 2.05) is 44.2 Å². The number of anilines is 1. The molecule has 0 unspecified atom stereocenters. The molecule has 46 heavy (non-hydrogen) atoms. The van der Waals surface area contributed by atoms with E-state index >= 15 is 0 Å². The van der Waals surface area contributed by atoms with Crippen molar-refractivity contribution in [3.8, 4) is 33.9 Å². The van der Waals surface area contributed by atoms with E-state index in [0.717, 1.165) is 27.6 Å². The van der Waals surface area contributed by atoms with E-state index in [1.54, 1.807) is 4.90 Å². The van der Waals surface area contributed by atoms with Crippen molar-refractivity contribution in [2.24, 2.45) is 10.8 Å². The largest absolute Gasteiger partial charge is 0.280 e. The molecule has 0 saturated carbocycles. The van der Waals surface area contributed by atoms with Crippen LogP contribution < -0.4 is 4.90 Å². The van der Waals surface area contributed by atoms with Gasteiger partial charge < -0.3 is 0 Å². The lowest BCUT2D eigenvalue weighted by atomic mass is 9.70.